The normalized spacial score (nSPS) is 14.5. The first kappa shape index (κ1) is 11.3. The topological polar surface area (TPSA) is 55.8 Å². The summed E-state index contributed by atoms with van der Waals surface area (Å²) in [7, 11) is 1.51. The molecule has 0 saturated carbocycles. The number of amides is 1. The third kappa shape index (κ3) is 2.83. The minimum Gasteiger partial charge on any atom is -0.499 e. The summed E-state index contributed by atoms with van der Waals surface area (Å²) < 4.78 is 9.57. The van der Waals surface area contributed by atoms with Gasteiger partial charge in [-0.05, 0) is 6.92 Å². The van der Waals surface area contributed by atoms with E-state index >= 15 is 0 Å². The van der Waals surface area contributed by atoms with Crippen molar-refractivity contribution < 1.29 is 19.1 Å². The second-order valence-electron chi connectivity index (χ2n) is 2.82. The Hall–Kier alpha value is -1.78. The molecule has 0 aromatic rings. The van der Waals surface area contributed by atoms with Crippen LogP contribution < -0.4 is 0 Å². The van der Waals surface area contributed by atoms with E-state index in [4.69, 9.17) is 4.74 Å². The van der Waals surface area contributed by atoms with Crippen LogP contribution in [0.1, 0.15) is 13.3 Å². The molecule has 5 nitrogen and oxygen atoms in total. The number of hydrogen-bond acceptors (Lipinski definition) is 4. The van der Waals surface area contributed by atoms with Crippen LogP contribution in [0.15, 0.2) is 24.2 Å². The van der Waals surface area contributed by atoms with E-state index in [1.807, 2.05) is 0 Å². The first-order valence-electron chi connectivity index (χ1n) is 4.59. The molecule has 1 rings (SSSR count). The van der Waals surface area contributed by atoms with Crippen LogP contribution in [-0.2, 0) is 19.1 Å². The maximum absolute atomic E-state index is 11.4. The first-order valence-corrected chi connectivity index (χ1v) is 4.59. The third-order valence-corrected chi connectivity index (χ3v) is 1.81. The molecule has 0 aromatic heterocycles. The molecule has 0 unspecified atom stereocenters. The standard InChI is InChI=1S/C10H13NO4/c1-3-15-10(13)9(12)11-6-4-5-8(7-11)14-2/h4,6-7H,3,5H2,1-2H3. The molecule has 5 heteroatoms. The van der Waals surface area contributed by atoms with Crippen LogP contribution in [0.2, 0.25) is 0 Å². The monoisotopic (exact) mass is 211 g/mol. The highest BCUT2D eigenvalue weighted by molar-refractivity contribution is 6.32. The van der Waals surface area contributed by atoms with Crippen molar-refractivity contribution in [3.63, 3.8) is 0 Å². The molecule has 1 aliphatic rings. The van der Waals surface area contributed by atoms with E-state index in [9.17, 15) is 9.59 Å². The van der Waals surface area contributed by atoms with E-state index in [0.717, 1.165) is 4.90 Å². The maximum Gasteiger partial charge on any atom is 0.397 e. The molecule has 0 saturated heterocycles. The van der Waals surface area contributed by atoms with Crippen LogP contribution in [0.3, 0.4) is 0 Å². The van der Waals surface area contributed by atoms with Gasteiger partial charge in [-0.1, -0.05) is 6.08 Å². The molecule has 1 aliphatic heterocycles. The van der Waals surface area contributed by atoms with Gasteiger partial charge in [0.1, 0.15) is 5.76 Å². The summed E-state index contributed by atoms with van der Waals surface area (Å²) in [6.07, 6.45) is 5.33. The predicted molar refractivity (Wildman–Crippen MR) is 52.3 cm³/mol. The third-order valence-electron chi connectivity index (χ3n) is 1.81. The Balaban J connectivity index is 2.67. The summed E-state index contributed by atoms with van der Waals surface area (Å²) >= 11 is 0. The predicted octanol–water partition coefficient (Wildman–Crippen LogP) is 0.783. The van der Waals surface area contributed by atoms with E-state index in [1.165, 1.54) is 19.5 Å². The zero-order chi connectivity index (χ0) is 11.3. The quantitative estimate of drug-likeness (QED) is 0.500. The van der Waals surface area contributed by atoms with Crippen LogP contribution in [-0.4, -0.2) is 30.5 Å². The van der Waals surface area contributed by atoms with Gasteiger partial charge in [0.2, 0.25) is 0 Å². The molecular formula is C10H13NO4. The van der Waals surface area contributed by atoms with Gasteiger partial charge in [0.05, 0.1) is 19.9 Å². The smallest absolute Gasteiger partial charge is 0.397 e. The SMILES string of the molecule is CCOC(=O)C(=O)N1C=CCC(OC)=C1. The molecule has 0 N–H and O–H groups in total. The van der Waals surface area contributed by atoms with Gasteiger partial charge in [-0.25, -0.2) is 4.79 Å². The summed E-state index contributed by atoms with van der Waals surface area (Å²) in [5.41, 5.74) is 0. The molecule has 0 aromatic carbocycles. The first-order chi connectivity index (χ1) is 7.19. The van der Waals surface area contributed by atoms with Gasteiger partial charge in [0.25, 0.3) is 0 Å². The Morgan fingerprint density at radius 1 is 1.53 bits per heavy atom. The van der Waals surface area contributed by atoms with Crippen molar-refractivity contribution in [1.29, 1.82) is 0 Å². The average Bonchev–Trinajstić information content (AvgIpc) is 2.28. The number of carbonyl (C=O) groups is 2. The Labute approximate surface area is 87.9 Å². The van der Waals surface area contributed by atoms with Gasteiger partial charge in [0.15, 0.2) is 0 Å². The molecule has 82 valence electrons. The fourth-order valence-corrected chi connectivity index (χ4v) is 1.09. The summed E-state index contributed by atoms with van der Waals surface area (Å²) in [6, 6.07) is 0. The molecular weight excluding hydrogens is 198 g/mol. The molecule has 0 aliphatic carbocycles. The molecule has 0 spiro atoms. The fraction of sp³-hybridized carbons (Fsp3) is 0.400. The van der Waals surface area contributed by atoms with Crippen LogP contribution in [0.5, 0.6) is 0 Å². The number of allylic oxidation sites excluding steroid dienone is 1. The van der Waals surface area contributed by atoms with Crippen LogP contribution >= 0.6 is 0 Å². The number of nitrogens with zero attached hydrogens (tertiary/aromatic N) is 1. The van der Waals surface area contributed by atoms with E-state index < -0.39 is 11.9 Å². The highest BCUT2D eigenvalue weighted by atomic mass is 16.5. The van der Waals surface area contributed by atoms with Crippen molar-refractivity contribution in [2.24, 2.45) is 0 Å². The van der Waals surface area contributed by atoms with Crippen molar-refractivity contribution >= 4 is 11.9 Å². The molecule has 1 heterocycles. The van der Waals surface area contributed by atoms with Gasteiger partial charge in [0, 0.05) is 12.6 Å². The Bertz CT molecular complexity index is 319. The number of rotatable bonds is 2. The summed E-state index contributed by atoms with van der Waals surface area (Å²) in [4.78, 5) is 23.7. The summed E-state index contributed by atoms with van der Waals surface area (Å²) in [5, 5.41) is 0. The van der Waals surface area contributed by atoms with Crippen molar-refractivity contribution in [2.75, 3.05) is 13.7 Å². The lowest BCUT2D eigenvalue weighted by Crippen LogP contribution is -2.31. The molecule has 0 radical (unpaired) electrons. The Morgan fingerprint density at radius 3 is 2.87 bits per heavy atom. The van der Waals surface area contributed by atoms with Gasteiger partial charge >= 0.3 is 11.9 Å². The Morgan fingerprint density at radius 2 is 2.27 bits per heavy atom. The molecule has 15 heavy (non-hydrogen) atoms. The number of carbonyl (C=O) groups excluding carboxylic acids is 2. The van der Waals surface area contributed by atoms with Gasteiger partial charge < -0.3 is 9.47 Å². The molecule has 1 amide bonds. The zero-order valence-corrected chi connectivity index (χ0v) is 8.73. The lowest BCUT2D eigenvalue weighted by molar-refractivity contribution is -0.157. The van der Waals surface area contributed by atoms with Gasteiger partial charge in [-0.2, -0.15) is 0 Å². The zero-order valence-electron chi connectivity index (χ0n) is 8.73. The minimum atomic E-state index is -0.865. The summed E-state index contributed by atoms with van der Waals surface area (Å²) in [5.74, 6) is -0.965. The minimum absolute atomic E-state index is 0.184. The van der Waals surface area contributed by atoms with Crippen molar-refractivity contribution in [2.45, 2.75) is 13.3 Å². The van der Waals surface area contributed by atoms with Crippen molar-refractivity contribution in [3.8, 4) is 0 Å². The second kappa shape index (κ2) is 5.19. The van der Waals surface area contributed by atoms with Crippen LogP contribution in [0.4, 0.5) is 0 Å². The van der Waals surface area contributed by atoms with Crippen LogP contribution in [0.25, 0.3) is 0 Å². The van der Waals surface area contributed by atoms with E-state index in [0.29, 0.717) is 12.2 Å². The van der Waals surface area contributed by atoms with E-state index in [2.05, 4.69) is 4.74 Å². The van der Waals surface area contributed by atoms with E-state index in [1.54, 1.807) is 13.0 Å². The number of hydrogen-bond donors (Lipinski definition) is 0. The van der Waals surface area contributed by atoms with Crippen molar-refractivity contribution in [3.05, 3.63) is 24.2 Å². The lowest BCUT2D eigenvalue weighted by atomic mass is 10.3. The van der Waals surface area contributed by atoms with E-state index in [-0.39, 0.29) is 6.61 Å². The number of esters is 1. The molecule has 0 fully saturated rings. The lowest BCUT2D eigenvalue weighted by Gasteiger charge is -2.17. The largest absolute Gasteiger partial charge is 0.499 e. The number of methoxy groups -OCH3 is 1. The molecule has 0 bridgehead atoms. The highest BCUT2D eigenvalue weighted by Gasteiger charge is 2.22. The molecule has 0 atom stereocenters. The van der Waals surface area contributed by atoms with Crippen molar-refractivity contribution in [1.82, 2.24) is 4.90 Å². The maximum atomic E-state index is 11.4. The Kier molecular flexibility index (Phi) is 3.91. The highest BCUT2D eigenvalue weighted by Crippen LogP contribution is 2.12. The van der Waals surface area contributed by atoms with Gasteiger partial charge in [-0.15, -0.1) is 0 Å². The second-order valence-corrected chi connectivity index (χ2v) is 2.82. The summed E-state index contributed by atoms with van der Waals surface area (Å²) in [6.45, 7) is 1.83. The van der Waals surface area contributed by atoms with Crippen LogP contribution in [0, 0.1) is 0 Å². The van der Waals surface area contributed by atoms with Gasteiger partial charge in [-0.3, -0.25) is 9.69 Å². The average molecular weight is 211 g/mol. The number of ether oxygens (including phenoxy) is 2. The fourth-order valence-electron chi connectivity index (χ4n) is 1.09.